The van der Waals surface area contributed by atoms with Gasteiger partial charge in [0.2, 0.25) is 0 Å². The molecule has 102 valence electrons. The lowest BCUT2D eigenvalue weighted by Crippen LogP contribution is -2.29. The number of rotatable bonds is 8. The van der Waals surface area contributed by atoms with Crippen molar-refractivity contribution in [2.75, 3.05) is 13.2 Å². The second kappa shape index (κ2) is 8.28. The molecule has 0 saturated heterocycles. The molecule has 2 heteroatoms. The second-order valence-corrected chi connectivity index (χ2v) is 5.52. The molecule has 0 amide bonds. The molecule has 1 aromatic rings. The molecule has 0 aromatic heterocycles. The number of hydrogen-bond donors (Lipinski definition) is 1. The third-order valence-electron chi connectivity index (χ3n) is 2.90. The number of benzene rings is 1. The van der Waals surface area contributed by atoms with Crippen LogP contribution in [-0.2, 0) is 4.74 Å². The zero-order valence-corrected chi connectivity index (χ0v) is 12.1. The van der Waals surface area contributed by atoms with Crippen LogP contribution in [0.15, 0.2) is 30.3 Å². The first-order valence-electron chi connectivity index (χ1n) is 6.99. The van der Waals surface area contributed by atoms with Crippen molar-refractivity contribution in [2.45, 2.75) is 46.3 Å². The van der Waals surface area contributed by atoms with E-state index in [1.807, 2.05) is 6.07 Å². The Bertz CT molecular complexity index is 308. The van der Waals surface area contributed by atoms with E-state index in [1.54, 1.807) is 0 Å². The molecular formula is C16H27NO. The van der Waals surface area contributed by atoms with E-state index < -0.39 is 0 Å². The van der Waals surface area contributed by atoms with Gasteiger partial charge in [0.1, 0.15) is 0 Å². The average molecular weight is 249 g/mol. The van der Waals surface area contributed by atoms with Gasteiger partial charge in [-0.15, -0.1) is 0 Å². The summed E-state index contributed by atoms with van der Waals surface area (Å²) in [7, 11) is 0. The van der Waals surface area contributed by atoms with Gasteiger partial charge in [-0.3, -0.25) is 0 Å². The fraction of sp³-hybridized carbons (Fsp3) is 0.625. The van der Waals surface area contributed by atoms with Crippen LogP contribution in [0.2, 0.25) is 0 Å². The molecule has 1 rings (SSSR count). The predicted octanol–water partition coefficient (Wildman–Crippen LogP) is 3.79. The van der Waals surface area contributed by atoms with Crippen molar-refractivity contribution in [1.82, 2.24) is 5.32 Å². The summed E-state index contributed by atoms with van der Waals surface area (Å²) in [5, 5.41) is 3.46. The highest BCUT2D eigenvalue weighted by atomic mass is 16.5. The maximum atomic E-state index is 6.03. The first-order chi connectivity index (χ1) is 8.59. The summed E-state index contributed by atoms with van der Waals surface area (Å²) in [6, 6.07) is 11.0. The van der Waals surface area contributed by atoms with Gasteiger partial charge in [-0.1, -0.05) is 58.0 Å². The quantitative estimate of drug-likeness (QED) is 0.757. The van der Waals surface area contributed by atoms with E-state index in [4.69, 9.17) is 4.74 Å². The van der Waals surface area contributed by atoms with Crippen LogP contribution in [0.5, 0.6) is 0 Å². The second-order valence-electron chi connectivity index (χ2n) is 5.52. The highest BCUT2D eigenvalue weighted by Crippen LogP contribution is 2.17. The third-order valence-corrected chi connectivity index (χ3v) is 2.90. The van der Waals surface area contributed by atoms with E-state index in [2.05, 4.69) is 57.3 Å². The van der Waals surface area contributed by atoms with Crippen molar-refractivity contribution >= 4 is 0 Å². The van der Waals surface area contributed by atoms with Crippen molar-refractivity contribution in [3.05, 3.63) is 35.9 Å². The van der Waals surface area contributed by atoms with Crippen molar-refractivity contribution in [1.29, 1.82) is 0 Å². The molecule has 0 aliphatic rings. The van der Waals surface area contributed by atoms with Crippen molar-refractivity contribution in [3.63, 3.8) is 0 Å². The first kappa shape index (κ1) is 15.2. The lowest BCUT2D eigenvalue weighted by atomic mass is 10.1. The van der Waals surface area contributed by atoms with Crippen LogP contribution in [0.25, 0.3) is 0 Å². The SMILES string of the molecule is CC(C)CCOC(CNC(C)C)c1ccccc1. The molecule has 0 bridgehead atoms. The minimum absolute atomic E-state index is 0.160. The minimum Gasteiger partial charge on any atom is -0.372 e. The summed E-state index contributed by atoms with van der Waals surface area (Å²) in [4.78, 5) is 0. The van der Waals surface area contributed by atoms with E-state index in [9.17, 15) is 0 Å². The highest BCUT2D eigenvalue weighted by Gasteiger charge is 2.12. The molecule has 0 radical (unpaired) electrons. The zero-order valence-electron chi connectivity index (χ0n) is 12.1. The lowest BCUT2D eigenvalue weighted by molar-refractivity contribution is 0.0446. The van der Waals surface area contributed by atoms with Crippen LogP contribution in [0.3, 0.4) is 0 Å². The largest absolute Gasteiger partial charge is 0.372 e. The molecule has 2 nitrogen and oxygen atoms in total. The molecule has 1 N–H and O–H groups in total. The Morgan fingerprint density at radius 3 is 2.28 bits per heavy atom. The molecule has 0 saturated carbocycles. The summed E-state index contributed by atoms with van der Waals surface area (Å²) in [5.41, 5.74) is 1.26. The molecule has 0 spiro atoms. The molecule has 0 heterocycles. The molecule has 1 unspecified atom stereocenters. The van der Waals surface area contributed by atoms with Crippen LogP contribution in [0.1, 0.15) is 45.8 Å². The van der Waals surface area contributed by atoms with Gasteiger partial charge in [-0.25, -0.2) is 0 Å². The van der Waals surface area contributed by atoms with Gasteiger partial charge in [-0.05, 0) is 17.9 Å². The fourth-order valence-corrected chi connectivity index (χ4v) is 1.73. The molecule has 1 atom stereocenters. The maximum Gasteiger partial charge on any atom is 0.0949 e. The van der Waals surface area contributed by atoms with Gasteiger partial charge in [0.25, 0.3) is 0 Å². The van der Waals surface area contributed by atoms with Gasteiger partial charge in [-0.2, -0.15) is 0 Å². The summed E-state index contributed by atoms with van der Waals surface area (Å²) >= 11 is 0. The Kier molecular flexibility index (Phi) is 6.99. The summed E-state index contributed by atoms with van der Waals surface area (Å²) in [6.07, 6.45) is 1.28. The first-order valence-corrected chi connectivity index (χ1v) is 6.99. The Labute approximate surface area is 112 Å². The zero-order chi connectivity index (χ0) is 13.4. The molecule has 0 aliphatic carbocycles. The number of nitrogens with one attached hydrogen (secondary N) is 1. The van der Waals surface area contributed by atoms with E-state index in [0.29, 0.717) is 12.0 Å². The molecule has 0 fully saturated rings. The fourth-order valence-electron chi connectivity index (χ4n) is 1.73. The number of hydrogen-bond acceptors (Lipinski definition) is 2. The molecule has 18 heavy (non-hydrogen) atoms. The van der Waals surface area contributed by atoms with Crippen LogP contribution in [0.4, 0.5) is 0 Å². The summed E-state index contributed by atoms with van der Waals surface area (Å²) < 4.78 is 6.03. The van der Waals surface area contributed by atoms with Crippen LogP contribution in [0, 0.1) is 5.92 Å². The van der Waals surface area contributed by atoms with Gasteiger partial charge in [0.05, 0.1) is 6.10 Å². The van der Waals surface area contributed by atoms with Crippen molar-refractivity contribution in [3.8, 4) is 0 Å². The summed E-state index contributed by atoms with van der Waals surface area (Å²) in [5.74, 6) is 0.694. The van der Waals surface area contributed by atoms with Gasteiger partial charge in [0.15, 0.2) is 0 Å². The van der Waals surface area contributed by atoms with Crippen LogP contribution in [-0.4, -0.2) is 19.2 Å². The molecular weight excluding hydrogens is 222 g/mol. The minimum atomic E-state index is 0.160. The van der Waals surface area contributed by atoms with E-state index in [-0.39, 0.29) is 6.10 Å². The normalized spacial score (nSPS) is 13.2. The summed E-state index contributed by atoms with van der Waals surface area (Å²) in [6.45, 7) is 10.5. The van der Waals surface area contributed by atoms with E-state index in [1.165, 1.54) is 5.56 Å². The van der Waals surface area contributed by atoms with Crippen molar-refractivity contribution in [2.24, 2.45) is 5.92 Å². The highest BCUT2D eigenvalue weighted by molar-refractivity contribution is 5.17. The Morgan fingerprint density at radius 1 is 1.06 bits per heavy atom. The number of ether oxygens (including phenoxy) is 1. The standard InChI is InChI=1S/C16H27NO/c1-13(2)10-11-18-16(12-17-14(3)4)15-8-6-5-7-9-15/h5-9,13-14,16-17H,10-12H2,1-4H3. The Morgan fingerprint density at radius 2 is 1.72 bits per heavy atom. The van der Waals surface area contributed by atoms with Crippen LogP contribution < -0.4 is 5.32 Å². The van der Waals surface area contributed by atoms with E-state index >= 15 is 0 Å². The monoisotopic (exact) mass is 249 g/mol. The van der Waals surface area contributed by atoms with Gasteiger partial charge in [0, 0.05) is 19.2 Å². The smallest absolute Gasteiger partial charge is 0.0949 e. The van der Waals surface area contributed by atoms with Crippen LogP contribution >= 0.6 is 0 Å². The Balaban J connectivity index is 2.52. The molecule has 1 aromatic carbocycles. The van der Waals surface area contributed by atoms with Gasteiger partial charge >= 0.3 is 0 Å². The predicted molar refractivity (Wildman–Crippen MR) is 77.7 cm³/mol. The Hall–Kier alpha value is -0.860. The lowest BCUT2D eigenvalue weighted by Gasteiger charge is -2.21. The van der Waals surface area contributed by atoms with E-state index in [0.717, 1.165) is 19.6 Å². The average Bonchev–Trinajstić information content (AvgIpc) is 2.34. The third kappa shape index (κ3) is 6.18. The van der Waals surface area contributed by atoms with Crippen molar-refractivity contribution < 1.29 is 4.74 Å². The molecule has 0 aliphatic heterocycles. The maximum absolute atomic E-state index is 6.03. The van der Waals surface area contributed by atoms with Gasteiger partial charge < -0.3 is 10.1 Å². The topological polar surface area (TPSA) is 21.3 Å².